The van der Waals surface area contributed by atoms with Crippen LogP contribution in [0.25, 0.3) is 0 Å². The summed E-state index contributed by atoms with van der Waals surface area (Å²) in [5.41, 5.74) is -1.60. The van der Waals surface area contributed by atoms with Crippen LogP contribution in [-0.2, 0) is 24.7 Å². The Morgan fingerprint density at radius 3 is 2.52 bits per heavy atom. The topological polar surface area (TPSA) is 106 Å². The van der Waals surface area contributed by atoms with Crippen molar-refractivity contribution in [3.05, 3.63) is 17.9 Å². The highest BCUT2D eigenvalue weighted by Crippen LogP contribution is 2.46. The quantitative estimate of drug-likeness (QED) is 0.572. The van der Waals surface area contributed by atoms with E-state index in [0.29, 0.717) is 10.9 Å². The van der Waals surface area contributed by atoms with Gasteiger partial charge >= 0.3 is 11.9 Å². The van der Waals surface area contributed by atoms with Crippen LogP contribution in [0, 0.1) is 11.8 Å². The summed E-state index contributed by atoms with van der Waals surface area (Å²) in [6.45, 7) is 11.0. The minimum absolute atomic E-state index is 0.162. The van der Waals surface area contributed by atoms with Crippen molar-refractivity contribution in [3.8, 4) is 0 Å². The highest BCUT2D eigenvalue weighted by atomic mass is 28.3. The molecule has 7 nitrogen and oxygen atoms in total. The minimum atomic E-state index is -2.04. The van der Waals surface area contributed by atoms with Gasteiger partial charge in [-0.3, -0.25) is 9.59 Å². The molecule has 1 aromatic heterocycles. The molecule has 1 aromatic rings. The van der Waals surface area contributed by atoms with Gasteiger partial charge in [0.05, 0.1) is 24.2 Å². The molecule has 0 aliphatic heterocycles. The molecule has 0 aromatic carbocycles. The summed E-state index contributed by atoms with van der Waals surface area (Å²) in [7, 11) is -2.04. The summed E-state index contributed by atoms with van der Waals surface area (Å²) >= 11 is 0. The summed E-state index contributed by atoms with van der Waals surface area (Å²) in [6.07, 6.45) is -0.773. The summed E-state index contributed by atoms with van der Waals surface area (Å²) in [4.78, 5) is 24.2. The van der Waals surface area contributed by atoms with E-state index in [2.05, 4.69) is 0 Å². The first kappa shape index (κ1) is 21.7. The average Bonchev–Trinajstić information content (AvgIpc) is 3.05. The number of hydrogen-bond acceptors (Lipinski definition) is 7. The number of carbonyl (C=O) groups excluding carboxylic acids is 2. The molecule has 0 saturated heterocycles. The highest BCUT2D eigenvalue weighted by molar-refractivity contribution is 6.88. The number of aliphatic hydroxyl groups is 2. The van der Waals surface area contributed by atoms with Gasteiger partial charge in [-0.05, 0) is 25.3 Å². The molecule has 1 fully saturated rings. The van der Waals surface area contributed by atoms with Crippen LogP contribution in [0.2, 0.25) is 19.6 Å². The Morgan fingerprint density at radius 2 is 2.00 bits per heavy atom. The van der Waals surface area contributed by atoms with Gasteiger partial charge in [-0.2, -0.15) is 0 Å². The molecule has 152 valence electrons. The fourth-order valence-corrected chi connectivity index (χ4v) is 5.41. The fourth-order valence-electron chi connectivity index (χ4n) is 3.90. The number of rotatable bonds is 5. The zero-order chi connectivity index (χ0) is 20.6. The number of carbonyl (C=O) groups is 2. The number of esters is 2. The lowest BCUT2D eigenvalue weighted by atomic mass is 9.65. The van der Waals surface area contributed by atoms with Crippen LogP contribution < -0.4 is 5.38 Å². The molecule has 2 N–H and O–H groups in total. The molecule has 0 spiro atoms. The first-order chi connectivity index (χ1) is 12.4. The lowest BCUT2D eigenvalue weighted by Crippen LogP contribution is -2.63. The van der Waals surface area contributed by atoms with Gasteiger partial charge < -0.3 is 24.1 Å². The summed E-state index contributed by atoms with van der Waals surface area (Å²) < 4.78 is 16.1. The Bertz CT molecular complexity index is 692. The zero-order valence-corrected chi connectivity index (χ0v) is 17.8. The highest BCUT2D eigenvalue weighted by Gasteiger charge is 2.59. The molecule has 5 atom stereocenters. The molecule has 8 heteroatoms. The molecule has 0 unspecified atom stereocenters. The van der Waals surface area contributed by atoms with Gasteiger partial charge in [-0.25, -0.2) is 0 Å². The molecule has 2 rings (SSSR count). The van der Waals surface area contributed by atoms with Crippen LogP contribution >= 0.6 is 0 Å². The SMILES string of the molecule is CCOC(=O)[C@@H]1C[C@H](C)[C@@H](OC(C)=O)[C@@H](O)[C@@]1(O)c1ccoc1[Si](C)(C)C. The van der Waals surface area contributed by atoms with Gasteiger partial charge in [0.1, 0.15) is 25.9 Å². The van der Waals surface area contributed by atoms with Gasteiger partial charge in [0.25, 0.3) is 0 Å². The Labute approximate surface area is 160 Å². The van der Waals surface area contributed by atoms with E-state index in [1.807, 2.05) is 19.6 Å². The normalized spacial score (nSPS) is 31.4. The number of ether oxygens (including phenoxy) is 2. The van der Waals surface area contributed by atoms with E-state index < -0.39 is 43.7 Å². The van der Waals surface area contributed by atoms with Crippen LogP contribution in [-0.4, -0.2) is 49.0 Å². The van der Waals surface area contributed by atoms with Crippen LogP contribution in [0.3, 0.4) is 0 Å². The van der Waals surface area contributed by atoms with E-state index in [9.17, 15) is 19.8 Å². The predicted octanol–water partition coefficient (Wildman–Crippen LogP) is 1.52. The van der Waals surface area contributed by atoms with E-state index in [-0.39, 0.29) is 18.9 Å². The molecule has 1 aliphatic rings. The number of aliphatic hydroxyl groups excluding tert-OH is 1. The van der Waals surface area contributed by atoms with Crippen molar-refractivity contribution in [2.75, 3.05) is 6.61 Å². The third kappa shape index (κ3) is 3.97. The lowest BCUT2D eigenvalue weighted by Gasteiger charge is -2.48. The third-order valence-electron chi connectivity index (χ3n) is 5.11. The smallest absolute Gasteiger partial charge is 0.312 e. The van der Waals surface area contributed by atoms with E-state index >= 15 is 0 Å². The van der Waals surface area contributed by atoms with Gasteiger partial charge in [0.2, 0.25) is 0 Å². The van der Waals surface area contributed by atoms with Crippen LogP contribution in [0.5, 0.6) is 0 Å². The van der Waals surface area contributed by atoms with Crippen LogP contribution in [0.15, 0.2) is 16.7 Å². The van der Waals surface area contributed by atoms with Crippen molar-refractivity contribution in [2.24, 2.45) is 11.8 Å². The Kier molecular flexibility index (Phi) is 6.23. The van der Waals surface area contributed by atoms with Gasteiger partial charge in [-0.1, -0.05) is 26.6 Å². The molecule has 0 amide bonds. The zero-order valence-electron chi connectivity index (χ0n) is 16.8. The third-order valence-corrected chi connectivity index (χ3v) is 6.86. The summed E-state index contributed by atoms with van der Waals surface area (Å²) in [5.74, 6) is -2.47. The van der Waals surface area contributed by atoms with E-state index in [1.165, 1.54) is 13.2 Å². The molecule has 0 bridgehead atoms. The summed E-state index contributed by atoms with van der Waals surface area (Å²) in [5, 5.41) is 23.4. The monoisotopic (exact) mass is 398 g/mol. The Morgan fingerprint density at radius 1 is 1.37 bits per heavy atom. The average molecular weight is 399 g/mol. The van der Waals surface area contributed by atoms with E-state index in [4.69, 9.17) is 13.9 Å². The van der Waals surface area contributed by atoms with Crippen molar-refractivity contribution < 1.29 is 33.7 Å². The number of hydrogen-bond donors (Lipinski definition) is 2. The minimum Gasteiger partial charge on any atom is -0.474 e. The van der Waals surface area contributed by atoms with Crippen molar-refractivity contribution in [1.29, 1.82) is 0 Å². The van der Waals surface area contributed by atoms with E-state index in [0.717, 1.165) is 0 Å². The Balaban J connectivity index is 2.61. The molecular formula is C19H30O7Si. The standard InChI is InChI=1S/C19H30O7Si/c1-7-24-17(22)14-10-11(2)15(26-12(3)20)16(21)19(14,23)13-8-9-25-18(13)27(4,5)6/h8-9,11,14-16,21,23H,7,10H2,1-6H3/t11-,14-,15+,16+,19+/m0/s1. The molecule has 1 aliphatic carbocycles. The second-order valence-electron chi connectivity index (χ2n) is 8.28. The van der Waals surface area contributed by atoms with Crippen molar-refractivity contribution in [2.45, 2.75) is 64.6 Å². The van der Waals surface area contributed by atoms with Crippen molar-refractivity contribution in [3.63, 3.8) is 0 Å². The largest absolute Gasteiger partial charge is 0.474 e. The fraction of sp³-hybridized carbons (Fsp3) is 0.684. The molecular weight excluding hydrogens is 368 g/mol. The van der Waals surface area contributed by atoms with Gasteiger partial charge in [-0.15, -0.1) is 0 Å². The van der Waals surface area contributed by atoms with Crippen molar-refractivity contribution >= 4 is 25.4 Å². The predicted molar refractivity (Wildman–Crippen MR) is 101 cm³/mol. The van der Waals surface area contributed by atoms with E-state index in [1.54, 1.807) is 19.9 Å². The maximum Gasteiger partial charge on any atom is 0.312 e. The second-order valence-corrected chi connectivity index (χ2v) is 13.2. The van der Waals surface area contributed by atoms with Gasteiger partial charge in [0.15, 0.2) is 0 Å². The summed E-state index contributed by atoms with van der Waals surface area (Å²) in [6, 6.07) is 1.59. The van der Waals surface area contributed by atoms with Crippen molar-refractivity contribution in [1.82, 2.24) is 0 Å². The molecule has 1 heterocycles. The first-order valence-corrected chi connectivity index (χ1v) is 12.8. The molecule has 27 heavy (non-hydrogen) atoms. The van der Waals surface area contributed by atoms with Crippen LogP contribution in [0.1, 0.15) is 32.8 Å². The van der Waals surface area contributed by atoms with Gasteiger partial charge in [0, 0.05) is 12.5 Å². The maximum absolute atomic E-state index is 12.7. The second kappa shape index (κ2) is 7.77. The van der Waals surface area contributed by atoms with Crippen LogP contribution in [0.4, 0.5) is 0 Å². The molecule has 0 radical (unpaired) electrons. The molecule has 1 saturated carbocycles. The Hall–Kier alpha value is -1.64. The maximum atomic E-state index is 12.7. The first-order valence-electron chi connectivity index (χ1n) is 9.27. The number of furan rings is 1. The lowest BCUT2D eigenvalue weighted by molar-refractivity contribution is -0.221.